The number of hydrogen-bond acceptors (Lipinski definition) is 4. The third kappa shape index (κ3) is 5.77. The summed E-state index contributed by atoms with van der Waals surface area (Å²) in [5.74, 6) is 2.99. The summed E-state index contributed by atoms with van der Waals surface area (Å²) >= 11 is 2.06. The molecule has 1 atom stereocenters. The number of carbonyl (C=O) groups excluding carboxylic acids is 1. The highest BCUT2D eigenvalue weighted by Gasteiger charge is 2.57. The molecule has 1 amide bonds. The van der Waals surface area contributed by atoms with Crippen LogP contribution in [0.3, 0.4) is 0 Å². The van der Waals surface area contributed by atoms with Crippen LogP contribution in [0.25, 0.3) is 0 Å². The number of thioether (sulfide) groups is 1. The topological polar surface area (TPSA) is 44.4 Å². The van der Waals surface area contributed by atoms with Gasteiger partial charge in [0, 0.05) is 42.7 Å². The van der Waals surface area contributed by atoms with Gasteiger partial charge in [-0.15, -0.1) is 24.8 Å². The lowest BCUT2D eigenvalue weighted by molar-refractivity contribution is -0.118. The van der Waals surface area contributed by atoms with Crippen LogP contribution in [0, 0.1) is 11.3 Å². The molecule has 2 heterocycles. The SMILES string of the molecule is Cl.Cl.O=C(Nc1ccc(CCN2CCSCC2)cc1)C1CC12CCNCC2. The molecule has 1 saturated carbocycles. The molecular weight excluding hydrogens is 401 g/mol. The van der Waals surface area contributed by atoms with E-state index in [-0.39, 0.29) is 36.6 Å². The molecule has 1 spiro atoms. The summed E-state index contributed by atoms with van der Waals surface area (Å²) in [6.45, 7) is 5.71. The van der Waals surface area contributed by atoms with Gasteiger partial charge in [-0.1, -0.05) is 12.1 Å². The molecule has 2 saturated heterocycles. The first-order valence-corrected chi connectivity index (χ1v) is 10.8. The zero-order valence-corrected chi connectivity index (χ0v) is 18.2. The summed E-state index contributed by atoms with van der Waals surface area (Å²) in [5.41, 5.74) is 2.61. The molecule has 3 aliphatic rings. The Hall–Kier alpha value is -0.460. The number of nitrogens with one attached hydrogen (secondary N) is 2. The second kappa shape index (κ2) is 10.4. The highest BCUT2D eigenvalue weighted by molar-refractivity contribution is 7.99. The number of benzene rings is 1. The van der Waals surface area contributed by atoms with Crippen molar-refractivity contribution in [2.24, 2.45) is 11.3 Å². The maximum absolute atomic E-state index is 12.5. The van der Waals surface area contributed by atoms with Gasteiger partial charge < -0.3 is 15.5 Å². The van der Waals surface area contributed by atoms with E-state index in [9.17, 15) is 4.79 Å². The van der Waals surface area contributed by atoms with E-state index in [2.05, 4.69) is 51.6 Å². The Morgan fingerprint density at radius 2 is 1.81 bits per heavy atom. The number of carbonyl (C=O) groups is 1. The molecule has 0 bridgehead atoms. The van der Waals surface area contributed by atoms with Gasteiger partial charge in [-0.2, -0.15) is 11.8 Å². The van der Waals surface area contributed by atoms with Gasteiger partial charge >= 0.3 is 0 Å². The summed E-state index contributed by atoms with van der Waals surface area (Å²) in [5, 5.41) is 6.53. The molecule has 152 valence electrons. The summed E-state index contributed by atoms with van der Waals surface area (Å²) in [4.78, 5) is 15.1. The number of anilines is 1. The number of hydrogen-bond donors (Lipinski definition) is 2. The Balaban J connectivity index is 0.00000131. The molecule has 7 heteroatoms. The molecule has 1 aliphatic carbocycles. The monoisotopic (exact) mass is 431 g/mol. The standard InChI is InChI=1S/C20H29N3OS.2ClH/c24-19(18-15-20(18)6-8-21-9-7-20)22-17-3-1-16(2-4-17)5-10-23-11-13-25-14-12-23;;/h1-4,18,21H,5-15H2,(H,22,24);2*1H. The van der Waals surface area contributed by atoms with E-state index >= 15 is 0 Å². The fourth-order valence-corrected chi connectivity index (χ4v) is 5.27. The van der Waals surface area contributed by atoms with Crippen LogP contribution < -0.4 is 10.6 Å². The molecule has 2 N–H and O–H groups in total. The minimum Gasteiger partial charge on any atom is -0.326 e. The van der Waals surface area contributed by atoms with Gasteiger partial charge in [-0.25, -0.2) is 0 Å². The van der Waals surface area contributed by atoms with Crippen LogP contribution in [0.1, 0.15) is 24.8 Å². The number of halogens is 2. The van der Waals surface area contributed by atoms with Gasteiger partial charge in [-0.05, 0) is 61.9 Å². The van der Waals surface area contributed by atoms with Crippen LogP contribution in [0.15, 0.2) is 24.3 Å². The van der Waals surface area contributed by atoms with Crippen molar-refractivity contribution in [3.05, 3.63) is 29.8 Å². The minimum atomic E-state index is 0. The van der Waals surface area contributed by atoms with Crippen molar-refractivity contribution in [1.29, 1.82) is 0 Å². The van der Waals surface area contributed by atoms with E-state index < -0.39 is 0 Å². The molecule has 3 fully saturated rings. The van der Waals surface area contributed by atoms with Gasteiger partial charge in [0.1, 0.15) is 0 Å². The average Bonchev–Trinajstić information content (AvgIpc) is 3.35. The van der Waals surface area contributed by atoms with Gasteiger partial charge in [0.2, 0.25) is 5.91 Å². The van der Waals surface area contributed by atoms with Crippen molar-refractivity contribution < 1.29 is 4.79 Å². The normalized spacial score (nSPS) is 23.8. The first-order chi connectivity index (χ1) is 12.3. The van der Waals surface area contributed by atoms with Crippen molar-refractivity contribution in [3.63, 3.8) is 0 Å². The number of piperidine rings is 1. The molecule has 4 rings (SSSR count). The van der Waals surface area contributed by atoms with Crippen molar-refractivity contribution in [3.8, 4) is 0 Å². The second-order valence-corrected chi connectivity index (χ2v) is 8.98. The van der Waals surface area contributed by atoms with Crippen LogP contribution >= 0.6 is 36.6 Å². The van der Waals surface area contributed by atoms with E-state index in [4.69, 9.17) is 0 Å². The van der Waals surface area contributed by atoms with Crippen LogP contribution in [-0.2, 0) is 11.2 Å². The zero-order chi connectivity index (χ0) is 17.1. The Labute approximate surface area is 179 Å². The third-order valence-corrected chi connectivity index (χ3v) is 7.09. The van der Waals surface area contributed by atoms with Crippen molar-refractivity contribution in [2.75, 3.05) is 49.5 Å². The molecule has 2 aliphatic heterocycles. The summed E-state index contributed by atoms with van der Waals surface area (Å²) in [6, 6.07) is 8.47. The number of nitrogens with zero attached hydrogens (tertiary/aromatic N) is 1. The number of amides is 1. The summed E-state index contributed by atoms with van der Waals surface area (Å²) in [6.07, 6.45) is 4.47. The molecule has 1 aromatic carbocycles. The molecular formula is C20H31Cl2N3OS. The zero-order valence-electron chi connectivity index (χ0n) is 15.7. The predicted molar refractivity (Wildman–Crippen MR) is 120 cm³/mol. The molecule has 27 heavy (non-hydrogen) atoms. The van der Waals surface area contributed by atoms with E-state index in [0.29, 0.717) is 5.41 Å². The molecule has 0 aromatic heterocycles. The van der Waals surface area contributed by atoms with Crippen molar-refractivity contribution in [1.82, 2.24) is 10.2 Å². The Morgan fingerprint density at radius 1 is 1.15 bits per heavy atom. The molecule has 1 unspecified atom stereocenters. The first kappa shape index (κ1) is 22.8. The van der Waals surface area contributed by atoms with Crippen molar-refractivity contribution >= 4 is 48.2 Å². The van der Waals surface area contributed by atoms with Crippen LogP contribution in [0.5, 0.6) is 0 Å². The predicted octanol–water partition coefficient (Wildman–Crippen LogP) is 3.45. The van der Waals surface area contributed by atoms with Gasteiger partial charge in [0.05, 0.1) is 0 Å². The Bertz CT molecular complexity index is 602. The molecule has 4 nitrogen and oxygen atoms in total. The fraction of sp³-hybridized carbons (Fsp3) is 0.650. The Kier molecular flexibility index (Phi) is 8.75. The maximum Gasteiger partial charge on any atom is 0.228 e. The third-order valence-electron chi connectivity index (χ3n) is 6.15. The second-order valence-electron chi connectivity index (χ2n) is 7.76. The van der Waals surface area contributed by atoms with Crippen molar-refractivity contribution in [2.45, 2.75) is 25.7 Å². The molecule has 1 aromatic rings. The lowest BCUT2D eigenvalue weighted by atomic mass is 9.92. The van der Waals surface area contributed by atoms with Gasteiger partial charge in [-0.3, -0.25) is 4.79 Å². The highest BCUT2D eigenvalue weighted by atomic mass is 35.5. The average molecular weight is 432 g/mol. The fourth-order valence-electron chi connectivity index (χ4n) is 4.29. The van der Waals surface area contributed by atoms with E-state index in [1.54, 1.807) is 0 Å². The number of rotatable bonds is 5. The molecule has 0 radical (unpaired) electrons. The maximum atomic E-state index is 12.5. The quantitative estimate of drug-likeness (QED) is 0.748. The van der Waals surface area contributed by atoms with Crippen LogP contribution in [0.4, 0.5) is 5.69 Å². The first-order valence-electron chi connectivity index (χ1n) is 9.66. The van der Waals surface area contributed by atoms with Gasteiger partial charge in [0.25, 0.3) is 0 Å². The van der Waals surface area contributed by atoms with E-state index in [1.165, 1.54) is 30.2 Å². The van der Waals surface area contributed by atoms with E-state index in [1.807, 2.05) is 0 Å². The lowest BCUT2D eigenvalue weighted by Crippen LogP contribution is -2.34. The van der Waals surface area contributed by atoms with E-state index in [0.717, 1.165) is 51.0 Å². The van der Waals surface area contributed by atoms with Crippen LogP contribution in [-0.4, -0.2) is 55.0 Å². The van der Waals surface area contributed by atoms with Crippen LogP contribution in [0.2, 0.25) is 0 Å². The highest BCUT2D eigenvalue weighted by Crippen LogP contribution is 2.58. The Morgan fingerprint density at radius 3 is 2.48 bits per heavy atom. The summed E-state index contributed by atoms with van der Waals surface area (Å²) < 4.78 is 0. The van der Waals surface area contributed by atoms with Gasteiger partial charge in [0.15, 0.2) is 0 Å². The lowest BCUT2D eigenvalue weighted by Gasteiger charge is -2.26. The largest absolute Gasteiger partial charge is 0.326 e. The summed E-state index contributed by atoms with van der Waals surface area (Å²) in [7, 11) is 0. The minimum absolute atomic E-state index is 0. The smallest absolute Gasteiger partial charge is 0.228 e.